The number of thioether (sulfide) groups is 1. The van der Waals surface area contributed by atoms with E-state index in [1.54, 1.807) is 11.3 Å². The first kappa shape index (κ1) is 20.1. The Bertz CT molecular complexity index is 879. The van der Waals surface area contributed by atoms with Gasteiger partial charge in [0.25, 0.3) is 5.91 Å². The third-order valence-electron chi connectivity index (χ3n) is 4.80. The van der Waals surface area contributed by atoms with Gasteiger partial charge in [-0.05, 0) is 44.4 Å². The van der Waals surface area contributed by atoms with Crippen LogP contribution in [0.2, 0.25) is 0 Å². The first-order valence-electron chi connectivity index (χ1n) is 9.61. The SMILES string of the molecule is CCn1c(=NC(=O)CSCC(=O)NC2CCCCC2)sc2cc(C)ccc21. The van der Waals surface area contributed by atoms with Gasteiger partial charge in [0.1, 0.15) is 0 Å². The van der Waals surface area contributed by atoms with Gasteiger partial charge in [-0.3, -0.25) is 9.59 Å². The van der Waals surface area contributed by atoms with Gasteiger partial charge >= 0.3 is 0 Å². The predicted octanol–water partition coefficient (Wildman–Crippen LogP) is 3.64. The third-order valence-corrected chi connectivity index (χ3v) is 6.76. The van der Waals surface area contributed by atoms with Crippen LogP contribution in [0.5, 0.6) is 0 Å². The number of nitrogens with one attached hydrogen (secondary N) is 1. The van der Waals surface area contributed by atoms with E-state index in [9.17, 15) is 9.59 Å². The van der Waals surface area contributed by atoms with Crippen LogP contribution in [-0.2, 0) is 16.1 Å². The number of rotatable bonds is 6. The summed E-state index contributed by atoms with van der Waals surface area (Å²) in [6.45, 7) is 4.89. The fourth-order valence-corrected chi connectivity index (χ4v) is 5.28. The molecule has 1 saturated carbocycles. The normalized spacial score (nSPS) is 16.0. The van der Waals surface area contributed by atoms with Crippen LogP contribution in [0, 0.1) is 6.92 Å². The number of carbonyl (C=O) groups is 2. The van der Waals surface area contributed by atoms with Gasteiger partial charge in [0, 0.05) is 12.6 Å². The Balaban J connectivity index is 1.57. The second-order valence-corrected chi connectivity index (χ2v) is 9.00. The first-order chi connectivity index (χ1) is 13.1. The maximum absolute atomic E-state index is 12.3. The van der Waals surface area contributed by atoms with E-state index in [2.05, 4.69) is 46.9 Å². The summed E-state index contributed by atoms with van der Waals surface area (Å²) in [5.41, 5.74) is 2.31. The lowest BCUT2D eigenvalue weighted by molar-refractivity contribution is -0.119. The largest absolute Gasteiger partial charge is 0.353 e. The molecule has 0 atom stereocenters. The molecule has 1 aromatic carbocycles. The number of benzene rings is 1. The third kappa shape index (κ3) is 5.45. The van der Waals surface area contributed by atoms with Crippen LogP contribution in [0.3, 0.4) is 0 Å². The molecule has 0 radical (unpaired) electrons. The Morgan fingerprint density at radius 3 is 2.78 bits per heavy atom. The number of hydrogen-bond donors (Lipinski definition) is 1. The second-order valence-electron chi connectivity index (χ2n) is 7.00. The van der Waals surface area contributed by atoms with Gasteiger partial charge in [0.15, 0.2) is 4.80 Å². The van der Waals surface area contributed by atoms with Crippen LogP contribution in [0.1, 0.15) is 44.6 Å². The van der Waals surface area contributed by atoms with Crippen LogP contribution in [0.15, 0.2) is 23.2 Å². The van der Waals surface area contributed by atoms with Crippen LogP contribution >= 0.6 is 23.1 Å². The molecule has 2 amide bonds. The number of thiazole rings is 1. The van der Waals surface area contributed by atoms with Gasteiger partial charge in [-0.1, -0.05) is 36.7 Å². The lowest BCUT2D eigenvalue weighted by Gasteiger charge is -2.22. The quantitative estimate of drug-likeness (QED) is 0.798. The van der Waals surface area contributed by atoms with E-state index >= 15 is 0 Å². The van der Waals surface area contributed by atoms with E-state index < -0.39 is 0 Å². The zero-order valence-electron chi connectivity index (χ0n) is 16.0. The summed E-state index contributed by atoms with van der Waals surface area (Å²) < 4.78 is 3.21. The monoisotopic (exact) mass is 405 g/mol. The topological polar surface area (TPSA) is 63.5 Å². The Kier molecular flexibility index (Phi) is 7.13. The molecular formula is C20H27N3O2S2. The van der Waals surface area contributed by atoms with Gasteiger partial charge in [-0.15, -0.1) is 11.8 Å². The number of carbonyl (C=O) groups excluding carboxylic acids is 2. The number of fused-ring (bicyclic) bond motifs is 1. The van der Waals surface area contributed by atoms with E-state index in [4.69, 9.17) is 0 Å². The average molecular weight is 406 g/mol. The molecule has 0 unspecified atom stereocenters. The van der Waals surface area contributed by atoms with Crippen molar-refractivity contribution in [2.75, 3.05) is 11.5 Å². The van der Waals surface area contributed by atoms with Crippen LogP contribution < -0.4 is 10.1 Å². The fraction of sp³-hybridized carbons (Fsp3) is 0.550. The summed E-state index contributed by atoms with van der Waals surface area (Å²) in [6, 6.07) is 6.60. The van der Waals surface area contributed by atoms with Crippen molar-refractivity contribution in [3.8, 4) is 0 Å². The van der Waals surface area contributed by atoms with Crippen LogP contribution in [0.4, 0.5) is 0 Å². The number of aryl methyl sites for hydroxylation is 2. The molecule has 2 aromatic rings. The van der Waals surface area contributed by atoms with Crippen molar-refractivity contribution >= 4 is 45.1 Å². The van der Waals surface area contributed by atoms with Gasteiger partial charge < -0.3 is 9.88 Å². The Morgan fingerprint density at radius 1 is 1.26 bits per heavy atom. The van der Waals surface area contributed by atoms with E-state index in [-0.39, 0.29) is 17.6 Å². The molecule has 1 aliphatic carbocycles. The summed E-state index contributed by atoms with van der Waals surface area (Å²) >= 11 is 2.88. The van der Waals surface area contributed by atoms with Crippen molar-refractivity contribution in [1.82, 2.24) is 9.88 Å². The van der Waals surface area contributed by atoms with E-state index in [1.807, 2.05) is 0 Å². The zero-order chi connectivity index (χ0) is 19.2. The molecule has 7 heteroatoms. The molecule has 1 aromatic heterocycles. The molecule has 1 N–H and O–H groups in total. The Labute approximate surface area is 168 Å². The van der Waals surface area contributed by atoms with Gasteiger partial charge in [-0.2, -0.15) is 4.99 Å². The molecule has 5 nitrogen and oxygen atoms in total. The molecular weight excluding hydrogens is 378 g/mol. The summed E-state index contributed by atoms with van der Waals surface area (Å²) in [5, 5.41) is 3.08. The Morgan fingerprint density at radius 2 is 2.04 bits per heavy atom. The molecule has 27 heavy (non-hydrogen) atoms. The van der Waals surface area contributed by atoms with E-state index in [1.165, 1.54) is 36.6 Å². The molecule has 1 aliphatic rings. The fourth-order valence-electron chi connectivity index (χ4n) is 3.46. The first-order valence-corrected chi connectivity index (χ1v) is 11.6. The number of aromatic nitrogens is 1. The number of hydrogen-bond acceptors (Lipinski definition) is 4. The summed E-state index contributed by atoms with van der Waals surface area (Å²) in [4.78, 5) is 29.3. The van der Waals surface area contributed by atoms with Crippen molar-refractivity contribution in [2.45, 2.75) is 58.5 Å². The maximum atomic E-state index is 12.3. The van der Waals surface area contributed by atoms with E-state index in [0.717, 1.165) is 34.4 Å². The lowest BCUT2D eigenvalue weighted by Crippen LogP contribution is -2.37. The molecule has 1 heterocycles. The number of nitrogens with zero attached hydrogens (tertiary/aromatic N) is 2. The van der Waals surface area contributed by atoms with Gasteiger partial charge in [0.2, 0.25) is 5.91 Å². The van der Waals surface area contributed by atoms with Gasteiger partial charge in [-0.25, -0.2) is 0 Å². The standard InChI is InChI=1S/C20H27N3O2S2/c1-3-23-16-10-9-14(2)11-17(16)27-20(23)22-19(25)13-26-12-18(24)21-15-7-5-4-6-8-15/h9-11,15H,3-8,12-13H2,1-2H3,(H,21,24). The molecule has 0 spiro atoms. The van der Waals surface area contributed by atoms with Crippen LogP contribution in [0.25, 0.3) is 10.2 Å². The van der Waals surface area contributed by atoms with Crippen molar-refractivity contribution in [3.05, 3.63) is 28.6 Å². The Hall–Kier alpha value is -1.60. The smallest absolute Gasteiger partial charge is 0.258 e. The highest BCUT2D eigenvalue weighted by Gasteiger charge is 2.15. The molecule has 0 saturated heterocycles. The summed E-state index contributed by atoms with van der Waals surface area (Å²) in [5.74, 6) is 0.392. The minimum Gasteiger partial charge on any atom is -0.353 e. The highest BCUT2D eigenvalue weighted by atomic mass is 32.2. The van der Waals surface area contributed by atoms with Crippen molar-refractivity contribution in [2.24, 2.45) is 4.99 Å². The van der Waals surface area contributed by atoms with Crippen molar-refractivity contribution < 1.29 is 9.59 Å². The summed E-state index contributed by atoms with van der Waals surface area (Å²) in [6.07, 6.45) is 5.82. The summed E-state index contributed by atoms with van der Waals surface area (Å²) in [7, 11) is 0. The molecule has 146 valence electrons. The van der Waals surface area contributed by atoms with Crippen molar-refractivity contribution in [3.63, 3.8) is 0 Å². The molecule has 0 aliphatic heterocycles. The minimum absolute atomic E-state index is 0.0284. The highest BCUT2D eigenvalue weighted by Crippen LogP contribution is 2.19. The second kappa shape index (κ2) is 9.55. The van der Waals surface area contributed by atoms with E-state index in [0.29, 0.717) is 11.8 Å². The lowest BCUT2D eigenvalue weighted by atomic mass is 9.95. The highest BCUT2D eigenvalue weighted by molar-refractivity contribution is 8.00. The molecule has 0 bridgehead atoms. The maximum Gasteiger partial charge on any atom is 0.258 e. The van der Waals surface area contributed by atoms with Crippen LogP contribution in [-0.4, -0.2) is 33.9 Å². The predicted molar refractivity (Wildman–Crippen MR) is 113 cm³/mol. The minimum atomic E-state index is -0.184. The van der Waals surface area contributed by atoms with Gasteiger partial charge in [0.05, 0.1) is 21.7 Å². The zero-order valence-corrected chi connectivity index (χ0v) is 17.6. The average Bonchev–Trinajstić information content (AvgIpc) is 2.98. The number of amides is 2. The molecule has 1 fully saturated rings. The molecule has 3 rings (SSSR count). The van der Waals surface area contributed by atoms with Crippen molar-refractivity contribution in [1.29, 1.82) is 0 Å².